The van der Waals surface area contributed by atoms with Gasteiger partial charge in [0.15, 0.2) is 0 Å². The molecule has 1 aromatic heterocycles. The summed E-state index contributed by atoms with van der Waals surface area (Å²) in [4.78, 5) is 24.6. The lowest BCUT2D eigenvalue weighted by Crippen LogP contribution is -2.46. The minimum absolute atomic E-state index is 0.199. The van der Waals surface area contributed by atoms with E-state index in [1.807, 2.05) is 18.2 Å². The summed E-state index contributed by atoms with van der Waals surface area (Å²) in [5.74, 6) is -0.303. The lowest BCUT2D eigenvalue weighted by molar-refractivity contribution is -0.130. The quantitative estimate of drug-likeness (QED) is 0.853. The Balaban J connectivity index is 2.17. The topological polar surface area (TPSA) is 76.3 Å². The van der Waals surface area contributed by atoms with Crippen molar-refractivity contribution in [3.05, 3.63) is 34.2 Å². The van der Waals surface area contributed by atoms with Gasteiger partial charge in [-0.15, -0.1) is 0 Å². The van der Waals surface area contributed by atoms with Gasteiger partial charge in [0.2, 0.25) is 5.91 Å². The van der Waals surface area contributed by atoms with Crippen LogP contribution in [0.1, 0.15) is 31.4 Å². The Morgan fingerprint density at radius 3 is 2.71 bits per heavy atom. The Morgan fingerprint density at radius 1 is 1.29 bits per heavy atom. The number of aromatic nitrogens is 2. The summed E-state index contributed by atoms with van der Waals surface area (Å²) >= 11 is 0. The van der Waals surface area contributed by atoms with E-state index < -0.39 is 12.3 Å². The van der Waals surface area contributed by atoms with Crippen molar-refractivity contribution in [3.63, 3.8) is 0 Å². The molecule has 2 aromatic rings. The Hall–Kier alpha value is -2.08. The molecule has 0 spiro atoms. The first-order valence-electron chi connectivity index (χ1n) is 7.21. The number of piperidine rings is 1. The number of hydrogen-bond acceptors (Lipinski definition) is 3. The molecule has 6 heteroatoms. The molecule has 6 nitrogen and oxygen atoms in total. The fourth-order valence-electron chi connectivity index (χ4n) is 2.96. The summed E-state index contributed by atoms with van der Waals surface area (Å²) in [6.45, 7) is 2.06. The number of amides is 1. The Labute approximate surface area is 122 Å². The van der Waals surface area contributed by atoms with Crippen LogP contribution in [0.25, 0.3) is 11.0 Å². The smallest absolute Gasteiger partial charge is 0.329 e. The van der Waals surface area contributed by atoms with Crippen LogP contribution in [0.5, 0.6) is 0 Å². The van der Waals surface area contributed by atoms with Crippen molar-refractivity contribution in [2.24, 2.45) is 7.05 Å². The first-order chi connectivity index (χ1) is 10.0. The standard InChI is InChI=1S/C15H19N3O3/c1-3-9-4-5-10-12(8-9)17(2)15(21)18(10)11-6-7-13(19)16-14(11)20/h4-5,8,11,13,19H,3,6-7H2,1-2H3,(H,16,20). The van der Waals surface area contributed by atoms with Crippen LogP contribution in [0.2, 0.25) is 0 Å². The number of nitrogens with one attached hydrogen (secondary N) is 1. The number of aliphatic hydroxyl groups excluding tert-OH is 1. The molecule has 2 N–H and O–H groups in total. The first kappa shape index (κ1) is 13.9. The molecular weight excluding hydrogens is 270 g/mol. The minimum atomic E-state index is -0.814. The molecule has 2 atom stereocenters. The molecule has 1 aromatic carbocycles. The summed E-state index contributed by atoms with van der Waals surface area (Å²) in [6.07, 6.45) is 0.991. The van der Waals surface area contributed by atoms with E-state index in [0.717, 1.165) is 23.0 Å². The van der Waals surface area contributed by atoms with E-state index in [0.29, 0.717) is 12.8 Å². The number of fused-ring (bicyclic) bond motifs is 1. The molecule has 1 saturated heterocycles. The predicted molar refractivity (Wildman–Crippen MR) is 79.0 cm³/mol. The van der Waals surface area contributed by atoms with Gasteiger partial charge in [0, 0.05) is 7.05 Å². The second-order valence-corrected chi connectivity index (χ2v) is 5.51. The molecule has 2 heterocycles. The lowest BCUT2D eigenvalue weighted by Gasteiger charge is -2.26. The number of aliphatic hydroxyl groups is 1. The Bertz CT molecular complexity index is 759. The SMILES string of the molecule is CCc1ccc2c(c1)n(C)c(=O)n2C1CCC(O)NC1=O. The van der Waals surface area contributed by atoms with E-state index in [2.05, 4.69) is 12.2 Å². The van der Waals surface area contributed by atoms with Crippen LogP contribution in [0.15, 0.2) is 23.0 Å². The highest BCUT2D eigenvalue weighted by Gasteiger charge is 2.31. The molecule has 112 valence electrons. The van der Waals surface area contributed by atoms with Gasteiger partial charge >= 0.3 is 5.69 Å². The molecule has 0 bridgehead atoms. The minimum Gasteiger partial charge on any atom is -0.374 e. The zero-order valence-corrected chi connectivity index (χ0v) is 12.2. The fraction of sp³-hybridized carbons (Fsp3) is 0.467. The van der Waals surface area contributed by atoms with Crippen molar-refractivity contribution in [2.75, 3.05) is 0 Å². The number of benzene rings is 1. The molecule has 0 saturated carbocycles. The molecule has 21 heavy (non-hydrogen) atoms. The number of rotatable bonds is 2. The summed E-state index contributed by atoms with van der Waals surface area (Å²) < 4.78 is 3.11. The third-order valence-electron chi connectivity index (χ3n) is 4.20. The van der Waals surface area contributed by atoms with Gasteiger partial charge in [-0.25, -0.2) is 4.79 Å². The zero-order chi connectivity index (χ0) is 15.1. The summed E-state index contributed by atoms with van der Waals surface area (Å²) in [7, 11) is 1.72. The average molecular weight is 289 g/mol. The second kappa shape index (κ2) is 5.04. The van der Waals surface area contributed by atoms with Crippen LogP contribution in [0.4, 0.5) is 0 Å². The van der Waals surface area contributed by atoms with E-state index >= 15 is 0 Å². The van der Waals surface area contributed by atoms with Crippen LogP contribution in [-0.2, 0) is 18.3 Å². The molecule has 1 fully saturated rings. The van der Waals surface area contributed by atoms with Gasteiger partial charge in [-0.1, -0.05) is 13.0 Å². The first-order valence-corrected chi connectivity index (χ1v) is 7.21. The van der Waals surface area contributed by atoms with Gasteiger partial charge in [-0.05, 0) is 37.0 Å². The van der Waals surface area contributed by atoms with E-state index in [1.54, 1.807) is 11.6 Å². The molecule has 1 amide bonds. The van der Waals surface area contributed by atoms with Crippen LogP contribution in [0, 0.1) is 0 Å². The number of imidazole rings is 1. The van der Waals surface area contributed by atoms with Crippen molar-refractivity contribution in [2.45, 2.75) is 38.5 Å². The number of carbonyl (C=O) groups excluding carboxylic acids is 1. The highest BCUT2D eigenvalue weighted by Crippen LogP contribution is 2.24. The third kappa shape index (κ3) is 2.15. The van der Waals surface area contributed by atoms with Crippen molar-refractivity contribution in [1.82, 2.24) is 14.5 Å². The average Bonchev–Trinajstić information content (AvgIpc) is 2.71. The van der Waals surface area contributed by atoms with Gasteiger partial charge in [0.25, 0.3) is 0 Å². The summed E-state index contributed by atoms with van der Waals surface area (Å²) in [5.41, 5.74) is 2.54. The van der Waals surface area contributed by atoms with E-state index in [1.165, 1.54) is 4.57 Å². The number of nitrogens with zero attached hydrogens (tertiary/aromatic N) is 2. The molecule has 0 aliphatic carbocycles. The number of carbonyl (C=O) groups is 1. The molecule has 0 radical (unpaired) electrons. The molecule has 1 aliphatic heterocycles. The van der Waals surface area contributed by atoms with Gasteiger partial charge in [-0.2, -0.15) is 0 Å². The van der Waals surface area contributed by atoms with Crippen LogP contribution in [0.3, 0.4) is 0 Å². The van der Waals surface area contributed by atoms with E-state index in [-0.39, 0.29) is 11.6 Å². The zero-order valence-electron chi connectivity index (χ0n) is 12.2. The van der Waals surface area contributed by atoms with Crippen LogP contribution < -0.4 is 11.0 Å². The maximum absolute atomic E-state index is 12.5. The monoisotopic (exact) mass is 289 g/mol. The molecular formula is C15H19N3O3. The molecule has 1 aliphatic rings. The van der Waals surface area contributed by atoms with Gasteiger partial charge < -0.3 is 10.4 Å². The normalized spacial score (nSPS) is 22.5. The van der Waals surface area contributed by atoms with Crippen molar-refractivity contribution in [3.8, 4) is 0 Å². The van der Waals surface area contributed by atoms with Crippen molar-refractivity contribution >= 4 is 16.9 Å². The van der Waals surface area contributed by atoms with Gasteiger partial charge in [0.1, 0.15) is 12.3 Å². The molecule has 2 unspecified atom stereocenters. The summed E-state index contributed by atoms with van der Waals surface area (Å²) in [6, 6.07) is 5.31. The van der Waals surface area contributed by atoms with Gasteiger partial charge in [0.05, 0.1) is 11.0 Å². The largest absolute Gasteiger partial charge is 0.374 e. The third-order valence-corrected chi connectivity index (χ3v) is 4.20. The van der Waals surface area contributed by atoms with Crippen LogP contribution >= 0.6 is 0 Å². The highest BCUT2D eigenvalue weighted by molar-refractivity contribution is 5.85. The number of aryl methyl sites for hydroxylation is 2. The Kier molecular flexibility index (Phi) is 3.33. The van der Waals surface area contributed by atoms with Crippen molar-refractivity contribution < 1.29 is 9.90 Å². The highest BCUT2D eigenvalue weighted by atomic mass is 16.3. The van der Waals surface area contributed by atoms with Crippen LogP contribution in [-0.4, -0.2) is 26.4 Å². The van der Waals surface area contributed by atoms with E-state index in [9.17, 15) is 14.7 Å². The number of hydrogen-bond donors (Lipinski definition) is 2. The maximum atomic E-state index is 12.5. The second-order valence-electron chi connectivity index (χ2n) is 5.51. The Morgan fingerprint density at radius 2 is 2.05 bits per heavy atom. The fourth-order valence-corrected chi connectivity index (χ4v) is 2.96. The maximum Gasteiger partial charge on any atom is 0.329 e. The predicted octanol–water partition coefficient (Wildman–Crippen LogP) is 0.672. The van der Waals surface area contributed by atoms with Crippen molar-refractivity contribution in [1.29, 1.82) is 0 Å². The van der Waals surface area contributed by atoms with Gasteiger partial charge in [-0.3, -0.25) is 13.9 Å². The van der Waals surface area contributed by atoms with E-state index in [4.69, 9.17) is 0 Å². The summed E-state index contributed by atoms with van der Waals surface area (Å²) in [5, 5.41) is 12.0. The molecule has 3 rings (SSSR count). The lowest BCUT2D eigenvalue weighted by atomic mass is 10.0.